The fourth-order valence-electron chi connectivity index (χ4n) is 1.84. The van der Waals surface area contributed by atoms with Crippen molar-refractivity contribution >= 4 is 17.4 Å². The minimum atomic E-state index is -0.580. The molecule has 0 bridgehead atoms. The van der Waals surface area contributed by atoms with Crippen molar-refractivity contribution in [3.8, 4) is 0 Å². The molecule has 104 valence electrons. The molecule has 1 saturated heterocycles. The standard InChI is InChI=1S/C13H19N3O3/c1-13(2)18-7-11(8-19-13)15-9-4-3-5-10(6-9)16-12(14)17/h3-6,11,15H,7-8H2,1-2H3,(H3,14,16,17). The van der Waals surface area contributed by atoms with Gasteiger partial charge in [-0.05, 0) is 32.0 Å². The molecule has 0 radical (unpaired) electrons. The molecule has 1 aromatic carbocycles. The van der Waals surface area contributed by atoms with E-state index in [2.05, 4.69) is 10.6 Å². The van der Waals surface area contributed by atoms with E-state index < -0.39 is 11.8 Å². The van der Waals surface area contributed by atoms with Crippen molar-refractivity contribution in [2.45, 2.75) is 25.7 Å². The lowest BCUT2D eigenvalue weighted by atomic mass is 10.2. The number of nitrogens with one attached hydrogen (secondary N) is 2. The average Bonchev–Trinajstić information content (AvgIpc) is 2.32. The second-order valence-electron chi connectivity index (χ2n) is 4.93. The van der Waals surface area contributed by atoms with Gasteiger partial charge in [0.1, 0.15) is 0 Å². The zero-order valence-corrected chi connectivity index (χ0v) is 11.1. The third-order valence-corrected chi connectivity index (χ3v) is 2.77. The van der Waals surface area contributed by atoms with E-state index in [4.69, 9.17) is 15.2 Å². The summed E-state index contributed by atoms with van der Waals surface area (Å²) in [6.07, 6.45) is 0. The summed E-state index contributed by atoms with van der Waals surface area (Å²) in [4.78, 5) is 10.8. The summed E-state index contributed by atoms with van der Waals surface area (Å²) in [5.74, 6) is -0.520. The van der Waals surface area contributed by atoms with Crippen LogP contribution in [0.5, 0.6) is 0 Å². The van der Waals surface area contributed by atoms with Gasteiger partial charge in [-0.25, -0.2) is 4.79 Å². The number of amides is 2. The minimum Gasteiger partial charge on any atom is -0.378 e. The Kier molecular flexibility index (Phi) is 3.92. The normalized spacial score (nSPS) is 18.8. The van der Waals surface area contributed by atoms with Gasteiger partial charge < -0.3 is 25.8 Å². The molecule has 0 unspecified atom stereocenters. The van der Waals surface area contributed by atoms with Crippen LogP contribution < -0.4 is 16.4 Å². The van der Waals surface area contributed by atoms with E-state index in [1.54, 1.807) is 6.07 Å². The van der Waals surface area contributed by atoms with Crippen LogP contribution in [0.3, 0.4) is 0 Å². The fourth-order valence-corrected chi connectivity index (χ4v) is 1.84. The lowest BCUT2D eigenvalue weighted by molar-refractivity contribution is -0.247. The number of carbonyl (C=O) groups is 1. The summed E-state index contributed by atoms with van der Waals surface area (Å²) < 4.78 is 11.1. The summed E-state index contributed by atoms with van der Waals surface area (Å²) >= 11 is 0. The van der Waals surface area contributed by atoms with Gasteiger partial charge >= 0.3 is 6.03 Å². The van der Waals surface area contributed by atoms with Crippen LogP contribution in [0.25, 0.3) is 0 Å². The van der Waals surface area contributed by atoms with Gasteiger partial charge in [0, 0.05) is 11.4 Å². The van der Waals surface area contributed by atoms with Crippen molar-refractivity contribution in [3.63, 3.8) is 0 Å². The van der Waals surface area contributed by atoms with Gasteiger partial charge in [0.05, 0.1) is 19.3 Å². The quantitative estimate of drug-likeness (QED) is 0.777. The van der Waals surface area contributed by atoms with Crippen molar-refractivity contribution in [2.24, 2.45) is 5.73 Å². The molecule has 1 aromatic rings. The van der Waals surface area contributed by atoms with Crippen LogP contribution in [0.2, 0.25) is 0 Å². The third kappa shape index (κ3) is 4.11. The van der Waals surface area contributed by atoms with Crippen molar-refractivity contribution in [2.75, 3.05) is 23.8 Å². The summed E-state index contributed by atoms with van der Waals surface area (Å²) in [5, 5.41) is 5.82. The summed E-state index contributed by atoms with van der Waals surface area (Å²) in [7, 11) is 0. The first-order valence-electron chi connectivity index (χ1n) is 6.15. The molecule has 6 heteroatoms. The molecule has 2 amide bonds. The molecular weight excluding hydrogens is 246 g/mol. The molecular formula is C13H19N3O3. The molecule has 0 saturated carbocycles. The van der Waals surface area contributed by atoms with E-state index >= 15 is 0 Å². The number of hydrogen-bond donors (Lipinski definition) is 3. The maximum Gasteiger partial charge on any atom is 0.316 e. The van der Waals surface area contributed by atoms with Crippen LogP contribution in [0.1, 0.15) is 13.8 Å². The van der Waals surface area contributed by atoms with Crippen LogP contribution in [-0.2, 0) is 9.47 Å². The van der Waals surface area contributed by atoms with E-state index in [1.165, 1.54) is 0 Å². The van der Waals surface area contributed by atoms with Gasteiger partial charge in [-0.15, -0.1) is 0 Å². The Morgan fingerprint density at radius 1 is 1.32 bits per heavy atom. The van der Waals surface area contributed by atoms with E-state index in [-0.39, 0.29) is 6.04 Å². The highest BCUT2D eigenvalue weighted by Gasteiger charge is 2.28. The molecule has 0 spiro atoms. The van der Waals surface area contributed by atoms with Crippen LogP contribution in [0, 0.1) is 0 Å². The molecule has 1 heterocycles. The number of hydrogen-bond acceptors (Lipinski definition) is 4. The first kappa shape index (κ1) is 13.6. The molecule has 1 fully saturated rings. The second-order valence-corrected chi connectivity index (χ2v) is 4.93. The summed E-state index contributed by atoms with van der Waals surface area (Å²) in [6, 6.07) is 6.82. The molecule has 1 aliphatic heterocycles. The van der Waals surface area contributed by atoms with E-state index in [0.29, 0.717) is 18.9 Å². The van der Waals surface area contributed by atoms with Gasteiger partial charge in [-0.2, -0.15) is 0 Å². The molecule has 2 rings (SSSR count). The Balaban J connectivity index is 1.94. The van der Waals surface area contributed by atoms with Crippen molar-refractivity contribution < 1.29 is 14.3 Å². The van der Waals surface area contributed by atoms with Gasteiger partial charge in [-0.1, -0.05) is 6.07 Å². The topological polar surface area (TPSA) is 85.6 Å². The van der Waals surface area contributed by atoms with Crippen molar-refractivity contribution in [3.05, 3.63) is 24.3 Å². The largest absolute Gasteiger partial charge is 0.378 e. The second kappa shape index (κ2) is 5.46. The molecule has 0 atom stereocenters. The molecule has 1 aliphatic rings. The molecule has 0 aromatic heterocycles. The number of anilines is 2. The number of benzene rings is 1. The Hall–Kier alpha value is -1.79. The highest BCUT2D eigenvalue weighted by Crippen LogP contribution is 2.21. The third-order valence-electron chi connectivity index (χ3n) is 2.77. The Morgan fingerprint density at radius 2 is 1.95 bits per heavy atom. The first-order valence-corrected chi connectivity index (χ1v) is 6.15. The number of primary amides is 1. The Morgan fingerprint density at radius 3 is 2.58 bits per heavy atom. The average molecular weight is 265 g/mol. The van der Waals surface area contributed by atoms with Crippen molar-refractivity contribution in [1.29, 1.82) is 0 Å². The maximum absolute atomic E-state index is 10.8. The zero-order valence-electron chi connectivity index (χ0n) is 11.1. The predicted octanol–water partition coefficient (Wildman–Crippen LogP) is 1.74. The fraction of sp³-hybridized carbons (Fsp3) is 0.462. The highest BCUT2D eigenvalue weighted by atomic mass is 16.7. The lowest BCUT2D eigenvalue weighted by Gasteiger charge is -2.35. The number of urea groups is 1. The first-order chi connectivity index (χ1) is 8.94. The van der Waals surface area contributed by atoms with Crippen LogP contribution in [-0.4, -0.2) is 31.1 Å². The van der Waals surface area contributed by atoms with Gasteiger partial charge in [-0.3, -0.25) is 0 Å². The van der Waals surface area contributed by atoms with E-state index in [1.807, 2.05) is 32.0 Å². The van der Waals surface area contributed by atoms with Gasteiger partial charge in [0.15, 0.2) is 5.79 Å². The van der Waals surface area contributed by atoms with E-state index in [0.717, 1.165) is 5.69 Å². The molecule has 19 heavy (non-hydrogen) atoms. The highest BCUT2D eigenvalue weighted by molar-refractivity contribution is 5.88. The maximum atomic E-state index is 10.8. The molecule has 4 N–H and O–H groups in total. The van der Waals surface area contributed by atoms with Crippen LogP contribution >= 0.6 is 0 Å². The number of nitrogens with two attached hydrogens (primary N) is 1. The summed E-state index contributed by atoms with van der Waals surface area (Å²) in [5.41, 5.74) is 6.60. The summed E-state index contributed by atoms with van der Waals surface area (Å²) in [6.45, 7) is 4.92. The lowest BCUT2D eigenvalue weighted by Crippen LogP contribution is -2.45. The minimum absolute atomic E-state index is 0.0804. The Bertz CT molecular complexity index is 452. The SMILES string of the molecule is CC1(C)OCC(Nc2cccc(NC(N)=O)c2)CO1. The van der Waals surface area contributed by atoms with Crippen molar-refractivity contribution in [1.82, 2.24) is 0 Å². The van der Waals surface area contributed by atoms with E-state index in [9.17, 15) is 4.79 Å². The monoisotopic (exact) mass is 265 g/mol. The van der Waals surface area contributed by atoms with Crippen LogP contribution in [0.15, 0.2) is 24.3 Å². The zero-order chi connectivity index (χ0) is 13.9. The molecule has 0 aliphatic carbocycles. The molecule has 6 nitrogen and oxygen atoms in total. The van der Waals surface area contributed by atoms with Crippen LogP contribution in [0.4, 0.5) is 16.2 Å². The number of carbonyl (C=O) groups excluding carboxylic acids is 1. The smallest absolute Gasteiger partial charge is 0.316 e. The number of rotatable bonds is 3. The number of ether oxygens (including phenoxy) is 2. The van der Waals surface area contributed by atoms with Gasteiger partial charge in [0.2, 0.25) is 0 Å². The Labute approximate surface area is 112 Å². The predicted molar refractivity (Wildman–Crippen MR) is 73.0 cm³/mol. The van der Waals surface area contributed by atoms with Gasteiger partial charge in [0.25, 0.3) is 0 Å².